The Morgan fingerprint density at radius 3 is 2.68 bits per heavy atom. The third-order valence-corrected chi connectivity index (χ3v) is 4.44. The average Bonchev–Trinajstić information content (AvgIpc) is 2.79. The number of rotatable bonds is 0. The van der Waals surface area contributed by atoms with Crippen LogP contribution in [0.1, 0.15) is 11.1 Å². The molecule has 6 heteroatoms. The van der Waals surface area contributed by atoms with E-state index in [-0.39, 0.29) is 11.8 Å². The first kappa shape index (κ1) is 12.4. The summed E-state index contributed by atoms with van der Waals surface area (Å²) in [7, 11) is 1.72. The van der Waals surface area contributed by atoms with Crippen molar-refractivity contribution in [1.82, 2.24) is 5.32 Å². The number of thioether (sulfide) groups is 1. The lowest BCUT2D eigenvalue weighted by atomic mass is 10.0. The smallest absolute Gasteiger partial charge is 0.264 e. The monoisotopic (exact) mass is 290 g/mol. The Morgan fingerprint density at radius 2 is 2.05 bits per heavy atom. The van der Waals surface area contributed by atoms with Crippen molar-refractivity contribution in [3.05, 3.63) is 34.2 Å². The summed E-state index contributed by atoms with van der Waals surface area (Å²) in [4.78, 5) is 26.2. The quantitative estimate of drug-likeness (QED) is 0.585. The van der Waals surface area contributed by atoms with E-state index < -0.39 is 0 Å². The number of likely N-dealkylation sites (N-methyl/N-ethyl adjacent to an activating group) is 1. The number of nitrogens with zero attached hydrogens (tertiary/aromatic N) is 1. The summed E-state index contributed by atoms with van der Waals surface area (Å²) in [5, 5.41) is 2.55. The van der Waals surface area contributed by atoms with Crippen LogP contribution in [0, 0.1) is 6.92 Å². The van der Waals surface area contributed by atoms with E-state index >= 15 is 0 Å². The van der Waals surface area contributed by atoms with Crippen LogP contribution in [-0.4, -0.2) is 23.2 Å². The van der Waals surface area contributed by atoms with E-state index in [0.717, 1.165) is 28.6 Å². The van der Waals surface area contributed by atoms with Gasteiger partial charge in [0.05, 0.1) is 16.2 Å². The maximum absolute atomic E-state index is 12.4. The van der Waals surface area contributed by atoms with Gasteiger partial charge in [-0.05, 0) is 12.5 Å². The Morgan fingerprint density at radius 1 is 1.32 bits per heavy atom. The number of carbonyl (C=O) groups is 2. The Labute approximate surface area is 119 Å². The van der Waals surface area contributed by atoms with Crippen LogP contribution >= 0.6 is 24.0 Å². The summed E-state index contributed by atoms with van der Waals surface area (Å²) in [6.07, 6.45) is 0. The molecule has 1 fully saturated rings. The molecule has 1 saturated heterocycles. The highest BCUT2D eigenvalue weighted by Gasteiger charge is 2.38. The standard InChI is InChI=1S/C13H10N2O2S2/c1-6-4-3-5-7-8(12(17)15(2)9(6)7)10-11(16)14-13(18)19-10/h3-5H,1-2H3,(H,14,16,18). The van der Waals surface area contributed by atoms with Gasteiger partial charge in [-0.2, -0.15) is 0 Å². The lowest BCUT2D eigenvalue weighted by Crippen LogP contribution is -2.23. The van der Waals surface area contributed by atoms with Gasteiger partial charge in [-0.25, -0.2) is 0 Å². The Hall–Kier alpha value is -1.66. The second-order valence-electron chi connectivity index (χ2n) is 4.38. The molecule has 0 saturated carbocycles. The van der Waals surface area contributed by atoms with Crippen LogP contribution < -0.4 is 10.2 Å². The fourth-order valence-electron chi connectivity index (χ4n) is 2.39. The van der Waals surface area contributed by atoms with E-state index in [2.05, 4.69) is 5.32 Å². The molecular weight excluding hydrogens is 280 g/mol. The second-order valence-corrected chi connectivity index (χ2v) is 6.07. The molecule has 2 aliphatic heterocycles. The first-order valence-electron chi connectivity index (χ1n) is 5.66. The molecule has 1 aromatic carbocycles. The fourth-order valence-corrected chi connectivity index (χ4v) is 3.50. The van der Waals surface area contributed by atoms with Gasteiger partial charge in [-0.15, -0.1) is 0 Å². The van der Waals surface area contributed by atoms with E-state index in [1.165, 1.54) is 0 Å². The van der Waals surface area contributed by atoms with Crippen molar-refractivity contribution in [2.75, 3.05) is 11.9 Å². The van der Waals surface area contributed by atoms with Gasteiger partial charge in [-0.1, -0.05) is 42.2 Å². The van der Waals surface area contributed by atoms with Gasteiger partial charge in [-0.3, -0.25) is 9.59 Å². The van der Waals surface area contributed by atoms with Crippen LogP contribution in [0.15, 0.2) is 23.1 Å². The number of nitrogens with one attached hydrogen (secondary N) is 1. The Kier molecular flexibility index (Phi) is 2.72. The van der Waals surface area contributed by atoms with Gasteiger partial charge in [0.25, 0.3) is 11.8 Å². The molecule has 0 spiro atoms. The molecule has 0 aromatic heterocycles. The average molecular weight is 290 g/mol. The number of para-hydroxylation sites is 1. The van der Waals surface area contributed by atoms with Crippen LogP contribution in [0.5, 0.6) is 0 Å². The Balaban J connectivity index is 2.29. The van der Waals surface area contributed by atoms with Gasteiger partial charge >= 0.3 is 0 Å². The van der Waals surface area contributed by atoms with Crippen molar-refractivity contribution in [2.24, 2.45) is 0 Å². The number of hydrogen-bond donors (Lipinski definition) is 1. The number of hydrogen-bond acceptors (Lipinski definition) is 4. The van der Waals surface area contributed by atoms with E-state index in [1.807, 2.05) is 25.1 Å². The molecule has 2 amide bonds. The molecule has 0 unspecified atom stereocenters. The molecule has 2 heterocycles. The van der Waals surface area contributed by atoms with Crippen molar-refractivity contribution in [3.8, 4) is 0 Å². The van der Waals surface area contributed by atoms with Gasteiger partial charge in [0.1, 0.15) is 4.32 Å². The number of carbonyl (C=O) groups excluding carboxylic acids is 2. The zero-order chi connectivity index (χ0) is 13.7. The minimum Gasteiger partial charge on any atom is -0.310 e. The van der Waals surface area contributed by atoms with Crippen LogP contribution in [0.2, 0.25) is 0 Å². The fraction of sp³-hybridized carbons (Fsp3) is 0.154. The molecule has 1 N–H and O–H groups in total. The SMILES string of the molecule is Cc1cccc2c1N(C)C(=O)C2=C1SC(=S)NC1=O. The normalized spacial score (nSPS) is 22.0. The predicted octanol–water partition coefficient (Wildman–Crippen LogP) is 1.83. The maximum atomic E-state index is 12.4. The largest absolute Gasteiger partial charge is 0.310 e. The van der Waals surface area contributed by atoms with Crippen molar-refractivity contribution >= 4 is 51.4 Å². The van der Waals surface area contributed by atoms with Gasteiger partial charge in [0.15, 0.2) is 0 Å². The summed E-state index contributed by atoms with van der Waals surface area (Å²) in [5.41, 5.74) is 3.12. The van der Waals surface area contributed by atoms with Crippen LogP contribution in [0.3, 0.4) is 0 Å². The zero-order valence-corrected chi connectivity index (χ0v) is 11.9. The van der Waals surface area contributed by atoms with Crippen molar-refractivity contribution in [3.63, 3.8) is 0 Å². The van der Waals surface area contributed by atoms with Gasteiger partial charge in [0.2, 0.25) is 0 Å². The predicted molar refractivity (Wildman–Crippen MR) is 79.8 cm³/mol. The summed E-state index contributed by atoms with van der Waals surface area (Å²) in [5.74, 6) is -0.451. The van der Waals surface area contributed by atoms with Crippen molar-refractivity contribution in [1.29, 1.82) is 0 Å². The first-order chi connectivity index (χ1) is 9.00. The summed E-state index contributed by atoms with van der Waals surface area (Å²) in [6.45, 7) is 1.95. The van der Waals surface area contributed by atoms with E-state index in [9.17, 15) is 9.59 Å². The molecule has 19 heavy (non-hydrogen) atoms. The lowest BCUT2D eigenvalue weighted by molar-refractivity contribution is -0.116. The number of aryl methyl sites for hydroxylation is 1. The number of thiocarbonyl (C=S) groups is 1. The molecule has 4 nitrogen and oxygen atoms in total. The molecule has 3 rings (SSSR count). The molecule has 96 valence electrons. The number of anilines is 1. The molecule has 1 aromatic rings. The highest BCUT2D eigenvalue weighted by atomic mass is 32.2. The Bertz CT molecular complexity index is 679. The van der Waals surface area contributed by atoms with Crippen molar-refractivity contribution < 1.29 is 9.59 Å². The van der Waals surface area contributed by atoms with Crippen LogP contribution in [-0.2, 0) is 9.59 Å². The number of fused-ring (bicyclic) bond motifs is 1. The van der Waals surface area contributed by atoms with Crippen LogP contribution in [0.4, 0.5) is 5.69 Å². The summed E-state index contributed by atoms with van der Waals surface area (Å²) < 4.78 is 0.393. The number of amides is 2. The third-order valence-electron chi connectivity index (χ3n) is 3.20. The third kappa shape index (κ3) is 1.71. The van der Waals surface area contributed by atoms with Crippen molar-refractivity contribution in [2.45, 2.75) is 6.92 Å². The number of benzene rings is 1. The zero-order valence-electron chi connectivity index (χ0n) is 10.3. The molecule has 0 radical (unpaired) electrons. The molecular formula is C13H10N2O2S2. The second kappa shape index (κ2) is 4.18. The van der Waals surface area contributed by atoms with Crippen LogP contribution in [0.25, 0.3) is 5.57 Å². The van der Waals surface area contributed by atoms with E-state index in [4.69, 9.17) is 12.2 Å². The lowest BCUT2D eigenvalue weighted by Gasteiger charge is -2.11. The van der Waals surface area contributed by atoms with Gasteiger partial charge in [0, 0.05) is 12.6 Å². The van der Waals surface area contributed by atoms with Gasteiger partial charge < -0.3 is 10.2 Å². The molecule has 0 bridgehead atoms. The maximum Gasteiger partial charge on any atom is 0.264 e. The molecule has 0 aliphatic carbocycles. The molecule has 2 aliphatic rings. The van der Waals surface area contributed by atoms with E-state index in [1.54, 1.807) is 11.9 Å². The minimum atomic E-state index is -0.291. The topological polar surface area (TPSA) is 49.4 Å². The first-order valence-corrected chi connectivity index (χ1v) is 6.88. The highest BCUT2D eigenvalue weighted by Crippen LogP contribution is 2.43. The minimum absolute atomic E-state index is 0.161. The van der Waals surface area contributed by atoms with E-state index in [0.29, 0.717) is 14.8 Å². The highest BCUT2D eigenvalue weighted by molar-refractivity contribution is 8.27. The summed E-state index contributed by atoms with van der Waals surface area (Å²) in [6, 6.07) is 5.70. The molecule has 0 atom stereocenters. The summed E-state index contributed by atoms with van der Waals surface area (Å²) >= 11 is 6.12.